The van der Waals surface area contributed by atoms with Crippen LogP contribution in [-0.2, 0) is 11.8 Å². The van der Waals surface area contributed by atoms with Gasteiger partial charge >= 0.3 is 5.95 Å². The van der Waals surface area contributed by atoms with Crippen molar-refractivity contribution in [3.8, 4) is 0 Å². The number of alkyl halides is 1. The zero-order valence-corrected chi connectivity index (χ0v) is 23.1. The molecule has 2 aromatic rings. The lowest BCUT2D eigenvalue weighted by Crippen LogP contribution is -2.46. The molecule has 2 aromatic heterocycles. The number of hydrogen-bond acceptors (Lipinski definition) is 4. The normalized spacial score (nSPS) is 23.9. The Morgan fingerprint density at radius 3 is 2.89 bits per heavy atom. The van der Waals surface area contributed by atoms with Gasteiger partial charge in [-0.25, -0.2) is 8.96 Å². The van der Waals surface area contributed by atoms with E-state index < -0.39 is 6.67 Å². The maximum atomic E-state index is 13.3. The second-order valence-corrected chi connectivity index (χ2v) is 11.1. The van der Waals surface area contributed by atoms with Crippen LogP contribution in [0.25, 0.3) is 11.9 Å². The fourth-order valence-electron chi connectivity index (χ4n) is 5.07. The minimum atomic E-state index is -0.465. The van der Waals surface area contributed by atoms with Crippen LogP contribution in [0.2, 0.25) is 0 Å². The van der Waals surface area contributed by atoms with E-state index in [1.165, 1.54) is 5.56 Å². The van der Waals surface area contributed by atoms with E-state index in [1.54, 1.807) is 0 Å². The van der Waals surface area contributed by atoms with Crippen LogP contribution >= 0.6 is 0 Å². The SMILES string of the molecule is C=C(c1n(/C=C\CC(C)c2cn[nH]c2)nc(NC(C)CF)[n+]1C)[N+]1(C)CCC(C)(CCOCCC)C1. The number of nitrogens with zero attached hydrogens (tertiary/aromatic N) is 5. The van der Waals surface area contributed by atoms with E-state index in [9.17, 15) is 4.39 Å². The van der Waals surface area contributed by atoms with Crippen LogP contribution in [0.1, 0.15) is 70.7 Å². The van der Waals surface area contributed by atoms with Crippen molar-refractivity contribution in [1.82, 2.24) is 20.0 Å². The summed E-state index contributed by atoms with van der Waals surface area (Å²) in [6.45, 7) is 16.2. The van der Waals surface area contributed by atoms with Gasteiger partial charge in [0.2, 0.25) is 0 Å². The van der Waals surface area contributed by atoms with Gasteiger partial charge in [-0.3, -0.25) is 14.9 Å². The first-order chi connectivity index (χ1) is 17.1. The molecule has 1 saturated heterocycles. The monoisotopic (exact) mass is 503 g/mol. The number of nitrogens with one attached hydrogen (secondary N) is 2. The molecule has 4 atom stereocenters. The number of halogens is 1. The van der Waals surface area contributed by atoms with Crippen molar-refractivity contribution in [3.63, 3.8) is 0 Å². The minimum absolute atomic E-state index is 0.203. The van der Waals surface area contributed by atoms with Gasteiger partial charge in [-0.1, -0.05) is 26.8 Å². The molecule has 0 radical (unpaired) electrons. The molecule has 0 amide bonds. The van der Waals surface area contributed by atoms with Crippen LogP contribution in [0.5, 0.6) is 0 Å². The van der Waals surface area contributed by atoms with Gasteiger partial charge in [-0.05, 0) is 44.2 Å². The van der Waals surface area contributed by atoms with E-state index in [2.05, 4.69) is 56.0 Å². The number of aromatic amines is 1. The number of ether oxygens (including phenoxy) is 1. The van der Waals surface area contributed by atoms with Crippen LogP contribution in [0.15, 0.2) is 25.0 Å². The first-order valence-corrected chi connectivity index (χ1v) is 13.2. The van der Waals surface area contributed by atoms with E-state index in [0.717, 1.165) is 68.0 Å². The molecule has 0 aromatic carbocycles. The van der Waals surface area contributed by atoms with Crippen molar-refractivity contribution in [2.45, 2.75) is 65.3 Å². The van der Waals surface area contributed by atoms with Gasteiger partial charge in [-0.2, -0.15) is 5.10 Å². The lowest BCUT2D eigenvalue weighted by Gasteiger charge is -2.32. The molecular formula is C27H46FN7O+2. The molecular weight excluding hydrogens is 457 g/mol. The Morgan fingerprint density at radius 1 is 1.44 bits per heavy atom. The molecule has 200 valence electrons. The highest BCUT2D eigenvalue weighted by Gasteiger charge is 2.47. The molecule has 0 bridgehead atoms. The maximum absolute atomic E-state index is 13.3. The number of likely N-dealkylation sites (tertiary alicyclic amines) is 1. The quantitative estimate of drug-likeness (QED) is 0.226. The summed E-state index contributed by atoms with van der Waals surface area (Å²) in [5, 5.41) is 14.9. The van der Waals surface area contributed by atoms with Crippen LogP contribution in [-0.4, -0.2) is 70.5 Å². The lowest BCUT2D eigenvalue weighted by molar-refractivity contribution is -0.835. The predicted octanol–water partition coefficient (Wildman–Crippen LogP) is 4.51. The third kappa shape index (κ3) is 6.62. The highest BCUT2D eigenvalue weighted by molar-refractivity contribution is 5.51. The average molecular weight is 504 g/mol. The largest absolute Gasteiger partial charge is 0.381 e. The number of aromatic nitrogens is 5. The van der Waals surface area contributed by atoms with E-state index in [4.69, 9.17) is 9.84 Å². The summed E-state index contributed by atoms with van der Waals surface area (Å²) in [6.07, 6.45) is 12.0. The third-order valence-electron chi connectivity index (χ3n) is 7.53. The molecule has 36 heavy (non-hydrogen) atoms. The molecule has 9 heteroatoms. The smallest absolute Gasteiger partial charge is 0.378 e. The van der Waals surface area contributed by atoms with Crippen LogP contribution < -0.4 is 9.88 Å². The van der Waals surface area contributed by atoms with Crippen molar-refractivity contribution in [1.29, 1.82) is 0 Å². The van der Waals surface area contributed by atoms with Gasteiger partial charge in [0.05, 0.1) is 45.6 Å². The summed E-state index contributed by atoms with van der Waals surface area (Å²) >= 11 is 0. The van der Waals surface area contributed by atoms with E-state index in [0.29, 0.717) is 11.9 Å². The third-order valence-corrected chi connectivity index (χ3v) is 7.53. The number of H-pyrrole nitrogens is 1. The molecule has 3 rings (SSSR count). The predicted molar refractivity (Wildman–Crippen MR) is 143 cm³/mol. The van der Waals surface area contributed by atoms with Gasteiger partial charge in [0, 0.05) is 36.3 Å². The van der Waals surface area contributed by atoms with Crippen molar-refractivity contribution >= 4 is 17.8 Å². The van der Waals surface area contributed by atoms with Crippen LogP contribution in [0, 0.1) is 5.41 Å². The van der Waals surface area contributed by atoms with E-state index in [-0.39, 0.29) is 11.5 Å². The second kappa shape index (κ2) is 12.1. The van der Waals surface area contributed by atoms with Gasteiger partial charge in [0.1, 0.15) is 6.67 Å². The molecule has 4 unspecified atom stereocenters. The molecule has 0 saturated carbocycles. The molecule has 0 aliphatic carbocycles. The maximum Gasteiger partial charge on any atom is 0.378 e. The number of quaternary nitrogens is 1. The van der Waals surface area contributed by atoms with Gasteiger partial charge in [0.15, 0.2) is 5.70 Å². The first-order valence-electron chi connectivity index (χ1n) is 13.2. The Labute approximate surface area is 215 Å². The zero-order valence-electron chi connectivity index (χ0n) is 23.1. The minimum Gasteiger partial charge on any atom is -0.381 e. The highest BCUT2D eigenvalue weighted by Crippen LogP contribution is 2.41. The Kier molecular flexibility index (Phi) is 9.47. The molecule has 1 aliphatic heterocycles. The summed E-state index contributed by atoms with van der Waals surface area (Å²) < 4.78 is 23.7. The van der Waals surface area contributed by atoms with Gasteiger partial charge < -0.3 is 4.74 Å². The van der Waals surface area contributed by atoms with Crippen LogP contribution in [0.4, 0.5) is 10.3 Å². The number of rotatable bonds is 14. The topological polar surface area (TPSA) is 71.6 Å². The Hall–Kier alpha value is -2.52. The Balaban J connectivity index is 1.83. The fraction of sp³-hybridized carbons (Fsp3) is 0.667. The lowest BCUT2D eigenvalue weighted by atomic mass is 9.86. The fourth-order valence-corrected chi connectivity index (χ4v) is 5.07. The Morgan fingerprint density at radius 2 is 2.22 bits per heavy atom. The van der Waals surface area contributed by atoms with Crippen molar-refractivity contribution in [2.24, 2.45) is 12.5 Å². The number of hydrogen-bond donors (Lipinski definition) is 2. The first kappa shape index (κ1) is 28.1. The molecule has 8 nitrogen and oxygen atoms in total. The summed E-state index contributed by atoms with van der Waals surface area (Å²) in [5.41, 5.74) is 2.39. The van der Waals surface area contributed by atoms with Gasteiger partial charge in [0.25, 0.3) is 5.82 Å². The van der Waals surface area contributed by atoms with E-state index in [1.807, 2.05) is 41.8 Å². The van der Waals surface area contributed by atoms with Gasteiger partial charge in [-0.15, -0.1) is 4.68 Å². The molecule has 1 aliphatic rings. The summed E-state index contributed by atoms with van der Waals surface area (Å²) in [6, 6.07) is -0.325. The summed E-state index contributed by atoms with van der Waals surface area (Å²) in [5.74, 6) is 1.88. The van der Waals surface area contributed by atoms with E-state index >= 15 is 0 Å². The van der Waals surface area contributed by atoms with Crippen molar-refractivity contribution in [3.05, 3.63) is 36.4 Å². The Bertz CT molecular complexity index is 1020. The van der Waals surface area contributed by atoms with Crippen LogP contribution in [0.3, 0.4) is 0 Å². The standard InChI is InChI=1S/C27H46FN7O/c1-8-15-36-16-12-27(5)11-14-35(7,20-27)23(4)25-33(6)26(31-22(3)17-28)32-34(25)13-9-10-21(2)24-18-29-30-19-24/h9,13,18-19,21-22H,4,8,10-12,14-17,20H2,1-3,5-7H3,(H,29,30)(H,31,32)/q+2/b13-9-. The number of allylic oxidation sites excluding steroid dienone is 1. The summed E-state index contributed by atoms with van der Waals surface area (Å²) in [4.78, 5) is 0. The number of anilines is 1. The zero-order chi connectivity index (χ0) is 26.3. The highest BCUT2D eigenvalue weighted by atomic mass is 19.1. The van der Waals surface area contributed by atoms with Crippen molar-refractivity contribution in [2.75, 3.05) is 45.3 Å². The second-order valence-electron chi connectivity index (χ2n) is 11.1. The summed E-state index contributed by atoms with van der Waals surface area (Å²) in [7, 11) is 4.24. The molecule has 3 heterocycles. The average Bonchev–Trinajstić information content (AvgIpc) is 3.56. The van der Waals surface area contributed by atoms with Crippen molar-refractivity contribution < 1.29 is 18.2 Å². The molecule has 2 N–H and O–H groups in total. The molecule has 1 fully saturated rings. The molecule has 0 spiro atoms.